The topological polar surface area (TPSA) is 235 Å². The first-order valence-corrected chi connectivity index (χ1v) is 0.926. The van der Waals surface area contributed by atoms with Crippen LogP contribution in [0.2, 0.25) is 0 Å². The van der Waals surface area contributed by atoms with E-state index in [9.17, 15) is 0 Å². The smallest absolute Gasteiger partial charge is 0.544 e. The summed E-state index contributed by atoms with van der Waals surface area (Å²) in [4.78, 5) is 0. The van der Waals surface area contributed by atoms with Gasteiger partial charge in [0.05, 0.1) is 11.3 Å². The first-order valence-electron chi connectivity index (χ1n) is 0.309. The van der Waals surface area contributed by atoms with Gasteiger partial charge in [0.25, 0.3) is 0 Å². The van der Waals surface area contributed by atoms with Crippen LogP contribution in [0.5, 0.6) is 0 Å². The van der Waals surface area contributed by atoms with Gasteiger partial charge < -0.3 is 42.2 Å². The Balaban J connectivity index is -0.000000000952. The van der Waals surface area contributed by atoms with E-state index < -0.39 is 11.3 Å². The molecule has 0 aromatic heterocycles. The fourth-order valence-electron chi connectivity index (χ4n) is 0. The van der Waals surface area contributed by atoms with Crippen molar-refractivity contribution in [1.82, 2.24) is 0 Å². The van der Waals surface area contributed by atoms with Gasteiger partial charge in [0.1, 0.15) is 0 Å². The predicted molar refractivity (Wildman–Crippen MR) is 27.4 cm³/mol. The van der Waals surface area contributed by atoms with Crippen molar-refractivity contribution in [2.75, 3.05) is 0 Å². The molecule has 10 heavy (non-hydrogen) atoms. The molecule has 0 spiro atoms. The quantitative estimate of drug-likeness (QED) is 0.346. The Hall–Kier alpha value is 0.736. The Morgan fingerprint density at radius 2 is 0.600 bits per heavy atom. The van der Waals surface area contributed by atoms with Crippen LogP contribution in [0.1, 0.15) is 0 Å². The summed E-state index contributed by atoms with van der Waals surface area (Å²) in [6.45, 7) is 0. The summed E-state index contributed by atoms with van der Waals surface area (Å²) in [5.74, 6) is 0. The van der Waals surface area contributed by atoms with Crippen LogP contribution in [0, 0.1) is 11.3 Å². The fourth-order valence-corrected chi connectivity index (χ4v) is 0. The Labute approximate surface area is 76.9 Å². The molecule has 0 aliphatic heterocycles. The summed E-state index contributed by atoms with van der Waals surface area (Å²) in [5.41, 5.74) is 0. The average molecular weight is 200 g/mol. The largest absolute Gasteiger partial charge is 2.00 e. The van der Waals surface area contributed by atoms with Crippen molar-refractivity contribution in [2.24, 2.45) is 0 Å². The summed E-state index contributed by atoms with van der Waals surface area (Å²) in [7, 11) is 0. The van der Waals surface area contributed by atoms with Crippen molar-refractivity contribution in [3.8, 4) is 0 Å². The zero-order valence-corrected chi connectivity index (χ0v) is 7.07. The zero-order valence-electron chi connectivity index (χ0n) is 4.90. The first kappa shape index (κ1) is 136. The molecule has 0 rings (SSSR count). The Kier molecular flexibility index (Phi) is 3350. The molecular weight excluding hydrogens is 188 g/mol. The molecule has 68 valence electrons. The van der Waals surface area contributed by atoms with Crippen LogP contribution in [-0.2, 0) is 0 Å². The van der Waals surface area contributed by atoms with Gasteiger partial charge in [-0.1, -0.05) is 0 Å². The van der Waals surface area contributed by atoms with Crippen molar-refractivity contribution < 1.29 is 53.5 Å². The minimum absolute atomic E-state index is 0. The van der Waals surface area contributed by atoms with E-state index in [2.05, 4.69) is 0 Å². The average Bonchev–Trinajstić information content (AvgIpc) is 0.918. The first-order chi connectivity index (χ1) is 1.41. The maximum absolute atomic E-state index is 8.24. The predicted octanol–water partition coefficient (Wildman–Crippen LogP) is -7.71. The van der Waals surface area contributed by atoms with Gasteiger partial charge >= 0.3 is 23.1 Å². The van der Waals surface area contributed by atoms with Crippen molar-refractivity contribution in [2.45, 2.75) is 0 Å². The fraction of sp³-hybridized carbons (Fsp3) is 0. The summed E-state index contributed by atoms with van der Waals surface area (Å²) < 4.78 is 16.5. The molecule has 0 heterocycles. The SMILES string of the molecule is O.O.O.O.O.O.[Mg+2].[O-][Cl+][O-]. The summed E-state index contributed by atoms with van der Waals surface area (Å²) >= 11 is -0.417. The second kappa shape index (κ2) is 247. The molecule has 0 saturated carbocycles. The van der Waals surface area contributed by atoms with Crippen molar-refractivity contribution >= 4 is 23.1 Å². The van der Waals surface area contributed by atoms with Gasteiger partial charge in [0, 0.05) is 0 Å². The van der Waals surface area contributed by atoms with Crippen LogP contribution in [0.15, 0.2) is 0 Å². The molecule has 0 aromatic rings. The summed E-state index contributed by atoms with van der Waals surface area (Å²) in [6.07, 6.45) is 0. The Bertz CT molecular complexity index is 9.22. The van der Waals surface area contributed by atoms with Crippen LogP contribution in [-0.4, -0.2) is 55.9 Å². The molecule has 0 aliphatic carbocycles. The summed E-state index contributed by atoms with van der Waals surface area (Å²) in [5, 5.41) is 0. The van der Waals surface area contributed by atoms with E-state index in [0.717, 1.165) is 0 Å². The monoisotopic (exact) mass is 199 g/mol. The maximum Gasteiger partial charge on any atom is 2.00 e. The van der Waals surface area contributed by atoms with Crippen LogP contribution < -0.4 is 9.32 Å². The number of rotatable bonds is 0. The van der Waals surface area contributed by atoms with Crippen LogP contribution in [0.25, 0.3) is 0 Å². The Morgan fingerprint density at radius 1 is 0.600 bits per heavy atom. The van der Waals surface area contributed by atoms with Gasteiger partial charge in [-0.05, 0) is 0 Å². The van der Waals surface area contributed by atoms with Gasteiger partial charge in [-0.2, -0.15) is 0 Å². The third kappa shape index (κ3) is 965. The van der Waals surface area contributed by atoms with Crippen molar-refractivity contribution in [3.63, 3.8) is 0 Å². The molecule has 0 aliphatic rings. The number of hydrogen-bond acceptors (Lipinski definition) is 2. The Morgan fingerprint density at radius 3 is 0.600 bits per heavy atom. The standard InChI is InChI=1S/ClO2.Mg.6H2O/c2-1-3;;;;;;;/h;;6*1H2/q-1;+2;;;;;;. The normalized spacial score (nSPS) is 1.80. The van der Waals surface area contributed by atoms with E-state index >= 15 is 0 Å². The van der Waals surface area contributed by atoms with E-state index in [1.165, 1.54) is 0 Å². The van der Waals surface area contributed by atoms with E-state index in [4.69, 9.17) is 9.32 Å². The minimum atomic E-state index is -0.417. The molecule has 0 saturated heterocycles. The molecule has 0 aromatic carbocycles. The van der Waals surface area contributed by atoms with E-state index in [1.54, 1.807) is 0 Å². The second-order valence-corrected chi connectivity index (χ2v) is 0.189. The van der Waals surface area contributed by atoms with Gasteiger partial charge in [-0.15, -0.1) is 0 Å². The van der Waals surface area contributed by atoms with E-state index in [0.29, 0.717) is 0 Å². The minimum Gasteiger partial charge on any atom is -0.544 e. The van der Waals surface area contributed by atoms with Gasteiger partial charge in [-0.3, -0.25) is 0 Å². The number of halogens is 1. The maximum atomic E-state index is 8.24. The van der Waals surface area contributed by atoms with Crippen molar-refractivity contribution in [1.29, 1.82) is 0 Å². The van der Waals surface area contributed by atoms with Gasteiger partial charge in [-0.25, -0.2) is 0 Å². The molecule has 10 heteroatoms. The molecule has 0 amide bonds. The molecule has 0 fully saturated rings. The third-order valence-electron chi connectivity index (χ3n) is 0. The molecule has 0 unspecified atom stereocenters. The molecular formula is H12ClMgO8+. The van der Waals surface area contributed by atoms with Crippen LogP contribution in [0.4, 0.5) is 0 Å². The van der Waals surface area contributed by atoms with E-state index in [1.807, 2.05) is 0 Å². The van der Waals surface area contributed by atoms with Crippen molar-refractivity contribution in [3.05, 3.63) is 0 Å². The van der Waals surface area contributed by atoms with Crippen LogP contribution >= 0.6 is 0 Å². The molecule has 0 radical (unpaired) electrons. The second-order valence-electron chi connectivity index (χ2n) is 0.0630. The third-order valence-corrected chi connectivity index (χ3v) is 0. The van der Waals surface area contributed by atoms with Crippen LogP contribution in [0.3, 0.4) is 0 Å². The molecule has 8 nitrogen and oxygen atoms in total. The van der Waals surface area contributed by atoms with E-state index in [-0.39, 0.29) is 55.9 Å². The number of hydrogen-bond donors (Lipinski definition) is 0. The van der Waals surface area contributed by atoms with Gasteiger partial charge in [0.2, 0.25) is 0 Å². The molecule has 12 N–H and O–H groups in total. The molecule has 0 atom stereocenters. The molecule has 0 bridgehead atoms. The zero-order chi connectivity index (χ0) is 2.71. The van der Waals surface area contributed by atoms with Gasteiger partial charge in [0.15, 0.2) is 0 Å². The summed E-state index contributed by atoms with van der Waals surface area (Å²) in [6, 6.07) is 0.